The van der Waals surface area contributed by atoms with Gasteiger partial charge < -0.3 is 14.6 Å². The minimum absolute atomic E-state index is 0.0483. The Morgan fingerprint density at radius 1 is 1.19 bits per heavy atom. The number of rotatable bonds is 6. The molecule has 0 spiro atoms. The summed E-state index contributed by atoms with van der Waals surface area (Å²) in [5.74, 6) is 0.582. The molecule has 27 heavy (non-hydrogen) atoms. The molecule has 1 saturated heterocycles. The van der Waals surface area contributed by atoms with E-state index in [1.165, 1.54) is 0 Å². The molecule has 0 amide bonds. The highest BCUT2D eigenvalue weighted by Gasteiger charge is 2.32. The molecule has 0 aliphatic carbocycles. The van der Waals surface area contributed by atoms with Gasteiger partial charge in [-0.2, -0.15) is 0 Å². The predicted octanol–water partition coefficient (Wildman–Crippen LogP) is 3.29. The Balaban J connectivity index is 2.04. The van der Waals surface area contributed by atoms with Gasteiger partial charge in [-0.3, -0.25) is 14.7 Å². The molecule has 3 rings (SSSR count). The van der Waals surface area contributed by atoms with E-state index in [-0.39, 0.29) is 12.0 Å². The molecule has 6 nitrogen and oxygen atoms in total. The average Bonchev–Trinajstić information content (AvgIpc) is 2.70. The summed E-state index contributed by atoms with van der Waals surface area (Å²) in [6.45, 7) is 3.47. The maximum atomic E-state index is 11.3. The van der Waals surface area contributed by atoms with Crippen LogP contribution in [0.2, 0.25) is 0 Å². The average molecular weight is 370 g/mol. The zero-order valence-corrected chi connectivity index (χ0v) is 16.0. The summed E-state index contributed by atoms with van der Waals surface area (Å²) in [5.41, 5.74) is 3.25. The normalized spacial score (nSPS) is 16.7. The minimum atomic E-state index is -0.703. The van der Waals surface area contributed by atoms with Crippen molar-refractivity contribution in [1.29, 1.82) is 0 Å². The Morgan fingerprint density at radius 2 is 1.93 bits per heavy atom. The van der Waals surface area contributed by atoms with E-state index in [1.807, 2.05) is 37.4 Å². The first-order valence-electron chi connectivity index (χ1n) is 9.14. The first-order chi connectivity index (χ1) is 13.0. The molecule has 2 heterocycles. The molecule has 1 aromatic carbocycles. The smallest absolute Gasteiger partial charge is 0.306 e. The van der Waals surface area contributed by atoms with Gasteiger partial charge in [0.15, 0.2) is 0 Å². The molecule has 1 unspecified atom stereocenters. The molecule has 1 aliphatic rings. The van der Waals surface area contributed by atoms with Crippen molar-refractivity contribution in [3.63, 3.8) is 0 Å². The van der Waals surface area contributed by atoms with E-state index in [9.17, 15) is 9.90 Å². The van der Waals surface area contributed by atoms with E-state index >= 15 is 0 Å². The Kier molecular flexibility index (Phi) is 5.96. The van der Waals surface area contributed by atoms with Crippen molar-refractivity contribution in [2.45, 2.75) is 25.8 Å². The van der Waals surface area contributed by atoms with Crippen LogP contribution in [0, 0.1) is 12.8 Å². The summed E-state index contributed by atoms with van der Waals surface area (Å²) >= 11 is 0. The summed E-state index contributed by atoms with van der Waals surface area (Å²) < 4.78 is 11.1. The number of hydrogen-bond donors (Lipinski definition) is 1. The number of ether oxygens (including phenoxy) is 2. The number of likely N-dealkylation sites (tertiary alicyclic amines) is 1. The number of aryl methyl sites for hydroxylation is 1. The zero-order valence-electron chi connectivity index (χ0n) is 16.0. The number of benzene rings is 1. The van der Waals surface area contributed by atoms with E-state index in [0.29, 0.717) is 25.9 Å². The number of hydrogen-bond acceptors (Lipinski definition) is 5. The van der Waals surface area contributed by atoms with Crippen LogP contribution in [-0.2, 0) is 4.79 Å². The number of nitrogens with zero attached hydrogens (tertiary/aromatic N) is 2. The van der Waals surface area contributed by atoms with Crippen LogP contribution in [0.5, 0.6) is 11.5 Å². The molecule has 1 atom stereocenters. The molecular formula is C21H26N2O4. The molecular weight excluding hydrogens is 344 g/mol. The Labute approximate surface area is 159 Å². The van der Waals surface area contributed by atoms with Gasteiger partial charge in [0.2, 0.25) is 0 Å². The maximum Gasteiger partial charge on any atom is 0.306 e. The molecule has 6 heteroatoms. The monoisotopic (exact) mass is 370 g/mol. The third kappa shape index (κ3) is 4.06. The SMILES string of the molecule is COc1ccc(OC)c(C(c2ccncc2C)N2CCC(C(=O)O)CC2)c1. The number of pyridine rings is 1. The van der Waals surface area contributed by atoms with Crippen LogP contribution in [0.25, 0.3) is 0 Å². The van der Waals surface area contributed by atoms with Crippen molar-refractivity contribution in [2.24, 2.45) is 5.92 Å². The second-order valence-corrected chi connectivity index (χ2v) is 6.89. The van der Waals surface area contributed by atoms with Gasteiger partial charge >= 0.3 is 5.97 Å². The zero-order chi connectivity index (χ0) is 19.4. The second kappa shape index (κ2) is 8.39. The van der Waals surface area contributed by atoms with Crippen molar-refractivity contribution in [1.82, 2.24) is 9.88 Å². The van der Waals surface area contributed by atoms with Crippen LogP contribution in [0.4, 0.5) is 0 Å². The van der Waals surface area contributed by atoms with Crippen LogP contribution in [0.15, 0.2) is 36.7 Å². The van der Waals surface area contributed by atoms with Crippen LogP contribution < -0.4 is 9.47 Å². The van der Waals surface area contributed by atoms with Crippen LogP contribution in [0.1, 0.15) is 35.6 Å². The minimum Gasteiger partial charge on any atom is -0.497 e. The Bertz CT molecular complexity index is 801. The summed E-state index contributed by atoms with van der Waals surface area (Å²) in [6, 6.07) is 7.79. The van der Waals surface area contributed by atoms with Gasteiger partial charge in [0.1, 0.15) is 11.5 Å². The summed E-state index contributed by atoms with van der Waals surface area (Å²) in [4.78, 5) is 17.9. The standard InChI is InChI=1S/C21H26N2O4/c1-14-13-22-9-6-17(14)20(23-10-7-15(8-11-23)21(24)25)18-12-16(26-2)4-5-19(18)27-3/h4-6,9,12-13,15,20H,7-8,10-11H2,1-3H3,(H,24,25). The third-order valence-corrected chi connectivity index (χ3v) is 5.33. The van der Waals surface area contributed by atoms with E-state index in [4.69, 9.17) is 9.47 Å². The van der Waals surface area contributed by atoms with Gasteiger partial charge in [0.25, 0.3) is 0 Å². The highest BCUT2D eigenvalue weighted by Crippen LogP contribution is 2.39. The second-order valence-electron chi connectivity index (χ2n) is 6.89. The van der Waals surface area contributed by atoms with Gasteiger partial charge in [0, 0.05) is 18.0 Å². The molecule has 144 valence electrons. The largest absolute Gasteiger partial charge is 0.497 e. The molecule has 1 aromatic heterocycles. The lowest BCUT2D eigenvalue weighted by atomic mass is 9.89. The van der Waals surface area contributed by atoms with E-state index in [0.717, 1.165) is 28.2 Å². The van der Waals surface area contributed by atoms with E-state index < -0.39 is 5.97 Å². The number of aliphatic carboxylic acids is 1. The van der Waals surface area contributed by atoms with Gasteiger partial charge in [-0.05, 0) is 68.2 Å². The summed E-state index contributed by atoms with van der Waals surface area (Å²) in [7, 11) is 3.31. The van der Waals surface area contributed by atoms with Crippen LogP contribution in [-0.4, -0.2) is 48.3 Å². The fraction of sp³-hybridized carbons (Fsp3) is 0.429. The topological polar surface area (TPSA) is 71.9 Å². The summed E-state index contributed by atoms with van der Waals surface area (Å²) in [6.07, 6.45) is 4.94. The molecule has 0 saturated carbocycles. The molecule has 1 N–H and O–H groups in total. The van der Waals surface area contributed by atoms with Crippen molar-refractivity contribution < 1.29 is 19.4 Å². The van der Waals surface area contributed by atoms with Gasteiger partial charge in [-0.15, -0.1) is 0 Å². The first kappa shape index (κ1) is 19.2. The van der Waals surface area contributed by atoms with Gasteiger partial charge in [-0.25, -0.2) is 0 Å². The molecule has 2 aromatic rings. The fourth-order valence-corrected chi connectivity index (χ4v) is 3.81. The van der Waals surface area contributed by atoms with Gasteiger partial charge in [-0.1, -0.05) is 0 Å². The van der Waals surface area contributed by atoms with Crippen molar-refractivity contribution in [3.05, 3.63) is 53.3 Å². The predicted molar refractivity (Wildman–Crippen MR) is 102 cm³/mol. The molecule has 1 fully saturated rings. The van der Waals surface area contributed by atoms with Crippen molar-refractivity contribution in [3.8, 4) is 11.5 Å². The number of carbonyl (C=O) groups is 1. The van der Waals surface area contributed by atoms with Crippen molar-refractivity contribution >= 4 is 5.97 Å². The van der Waals surface area contributed by atoms with E-state index in [2.05, 4.69) is 9.88 Å². The maximum absolute atomic E-state index is 11.3. The fourth-order valence-electron chi connectivity index (χ4n) is 3.81. The van der Waals surface area contributed by atoms with Gasteiger partial charge in [0.05, 0.1) is 26.2 Å². The quantitative estimate of drug-likeness (QED) is 0.841. The molecule has 0 bridgehead atoms. The third-order valence-electron chi connectivity index (χ3n) is 5.33. The number of carboxylic acid groups (broad SMARTS) is 1. The number of methoxy groups -OCH3 is 2. The highest BCUT2D eigenvalue weighted by atomic mass is 16.5. The number of piperidine rings is 1. The lowest BCUT2D eigenvalue weighted by Crippen LogP contribution is -2.39. The van der Waals surface area contributed by atoms with E-state index in [1.54, 1.807) is 20.4 Å². The Morgan fingerprint density at radius 3 is 2.52 bits per heavy atom. The number of carboxylic acids is 1. The molecule has 0 radical (unpaired) electrons. The Hall–Kier alpha value is -2.60. The van der Waals surface area contributed by atoms with Crippen LogP contribution in [0.3, 0.4) is 0 Å². The number of aromatic nitrogens is 1. The molecule has 1 aliphatic heterocycles. The summed E-state index contributed by atoms with van der Waals surface area (Å²) in [5, 5.41) is 9.33. The van der Waals surface area contributed by atoms with Crippen molar-refractivity contribution in [2.75, 3.05) is 27.3 Å². The highest BCUT2D eigenvalue weighted by molar-refractivity contribution is 5.70. The lowest BCUT2D eigenvalue weighted by molar-refractivity contribution is -0.143. The lowest BCUT2D eigenvalue weighted by Gasteiger charge is -2.38. The van der Waals surface area contributed by atoms with Crippen LogP contribution >= 0.6 is 0 Å². The first-order valence-corrected chi connectivity index (χ1v) is 9.14.